The van der Waals surface area contributed by atoms with Crippen molar-refractivity contribution in [3.05, 3.63) is 43.8 Å². The highest BCUT2D eigenvalue weighted by Gasteiger charge is 2.37. The maximum atomic E-state index is 12.6. The topological polar surface area (TPSA) is 57.6 Å². The first-order valence-corrected chi connectivity index (χ1v) is 8.04. The van der Waals surface area contributed by atoms with E-state index in [4.69, 9.17) is 0 Å². The van der Waals surface area contributed by atoms with Gasteiger partial charge in [-0.25, -0.2) is 4.79 Å². The fraction of sp³-hybridized carbons (Fsp3) is 0.286. The van der Waals surface area contributed by atoms with Gasteiger partial charge in [-0.15, -0.1) is 11.3 Å². The van der Waals surface area contributed by atoms with E-state index in [1.54, 1.807) is 16.7 Å². The smallest absolute Gasteiger partial charge is 0.331 e. The van der Waals surface area contributed by atoms with E-state index >= 15 is 0 Å². The Morgan fingerprint density at radius 2 is 2.20 bits per heavy atom. The fourth-order valence-electron chi connectivity index (χ4n) is 2.54. The monoisotopic (exact) mass is 307 g/mol. The van der Waals surface area contributed by atoms with Gasteiger partial charge in [0.15, 0.2) is 6.04 Å². The van der Waals surface area contributed by atoms with Crippen molar-refractivity contribution in [2.24, 2.45) is 0 Å². The van der Waals surface area contributed by atoms with Crippen LogP contribution in [0.3, 0.4) is 0 Å². The number of hydrogen-bond acceptors (Lipinski definition) is 4. The Labute approximate surface area is 124 Å². The maximum Gasteiger partial charge on any atom is 0.331 e. The van der Waals surface area contributed by atoms with Gasteiger partial charge < -0.3 is 10.0 Å². The highest BCUT2D eigenvalue weighted by molar-refractivity contribution is 7.10. The lowest BCUT2D eigenvalue weighted by Crippen LogP contribution is -2.43. The van der Waals surface area contributed by atoms with Crippen LogP contribution in [-0.4, -0.2) is 28.4 Å². The van der Waals surface area contributed by atoms with Crippen molar-refractivity contribution >= 4 is 34.6 Å². The molecule has 4 nitrogen and oxygen atoms in total. The summed E-state index contributed by atoms with van der Waals surface area (Å²) in [5.74, 6) is -1.15. The molecule has 3 rings (SSSR count). The van der Waals surface area contributed by atoms with Crippen molar-refractivity contribution in [3.63, 3.8) is 0 Å². The number of carbonyl (C=O) groups excluding carboxylic acids is 1. The standard InChI is InChI=1S/C14H13NO3S2/c1-8-6-19-7-10(8)13(16)15-4-2-11-9(3-5-20-11)12(15)14(17)18/h3,5-7,12H,2,4H2,1H3,(H,17,18). The lowest BCUT2D eigenvalue weighted by molar-refractivity contribution is -0.142. The number of amides is 1. The van der Waals surface area contributed by atoms with Crippen LogP contribution in [0.2, 0.25) is 0 Å². The SMILES string of the molecule is Cc1cscc1C(=O)N1CCc2sccc2C1C(=O)O. The molecule has 1 unspecified atom stereocenters. The zero-order valence-electron chi connectivity index (χ0n) is 10.8. The molecule has 0 saturated heterocycles. The van der Waals surface area contributed by atoms with Gasteiger partial charge in [-0.2, -0.15) is 11.3 Å². The van der Waals surface area contributed by atoms with Crippen LogP contribution in [0.15, 0.2) is 22.2 Å². The number of fused-ring (bicyclic) bond motifs is 1. The van der Waals surface area contributed by atoms with Crippen LogP contribution in [0.1, 0.15) is 32.4 Å². The molecule has 20 heavy (non-hydrogen) atoms. The summed E-state index contributed by atoms with van der Waals surface area (Å²) in [6, 6.07) is 0.954. The summed E-state index contributed by atoms with van der Waals surface area (Å²) in [6.45, 7) is 2.33. The van der Waals surface area contributed by atoms with Crippen LogP contribution < -0.4 is 0 Å². The second-order valence-electron chi connectivity index (χ2n) is 4.76. The van der Waals surface area contributed by atoms with Crippen LogP contribution in [-0.2, 0) is 11.2 Å². The molecule has 104 valence electrons. The third-order valence-electron chi connectivity index (χ3n) is 3.55. The zero-order valence-corrected chi connectivity index (χ0v) is 12.5. The third-order valence-corrected chi connectivity index (χ3v) is 5.40. The van der Waals surface area contributed by atoms with E-state index < -0.39 is 12.0 Å². The average molecular weight is 307 g/mol. The minimum absolute atomic E-state index is 0.187. The van der Waals surface area contributed by atoms with Gasteiger partial charge in [0.25, 0.3) is 5.91 Å². The Morgan fingerprint density at radius 3 is 2.85 bits per heavy atom. The van der Waals surface area contributed by atoms with E-state index in [1.807, 2.05) is 23.8 Å². The number of carbonyl (C=O) groups is 2. The first kappa shape index (κ1) is 13.3. The van der Waals surface area contributed by atoms with Crippen LogP contribution in [0, 0.1) is 6.92 Å². The van der Waals surface area contributed by atoms with E-state index in [-0.39, 0.29) is 5.91 Å². The fourth-order valence-corrected chi connectivity index (χ4v) is 4.26. The number of carboxylic acid groups (broad SMARTS) is 1. The average Bonchev–Trinajstić information content (AvgIpc) is 3.04. The van der Waals surface area contributed by atoms with E-state index in [0.717, 1.165) is 22.4 Å². The third kappa shape index (κ3) is 2.05. The number of nitrogens with zero attached hydrogens (tertiary/aromatic N) is 1. The van der Waals surface area contributed by atoms with E-state index in [0.29, 0.717) is 12.1 Å². The van der Waals surface area contributed by atoms with Gasteiger partial charge in [-0.05, 0) is 41.3 Å². The van der Waals surface area contributed by atoms with Gasteiger partial charge in [-0.1, -0.05) is 0 Å². The van der Waals surface area contributed by atoms with Crippen LogP contribution in [0.4, 0.5) is 0 Å². The molecule has 1 aliphatic rings. The Morgan fingerprint density at radius 1 is 1.40 bits per heavy atom. The largest absolute Gasteiger partial charge is 0.479 e. The summed E-state index contributed by atoms with van der Waals surface area (Å²) in [7, 11) is 0. The molecule has 2 aromatic heterocycles. The molecule has 0 saturated carbocycles. The number of hydrogen-bond donors (Lipinski definition) is 1. The number of rotatable bonds is 2. The predicted octanol–water partition coefficient (Wildman–Crippen LogP) is 2.94. The molecule has 0 bridgehead atoms. The molecule has 1 aliphatic heterocycles. The molecule has 0 aliphatic carbocycles. The quantitative estimate of drug-likeness (QED) is 0.928. The van der Waals surface area contributed by atoms with Gasteiger partial charge in [-0.3, -0.25) is 4.79 Å². The van der Waals surface area contributed by atoms with Gasteiger partial charge in [0, 0.05) is 16.8 Å². The van der Waals surface area contributed by atoms with Crippen molar-refractivity contribution < 1.29 is 14.7 Å². The lowest BCUT2D eigenvalue weighted by Gasteiger charge is -2.33. The van der Waals surface area contributed by atoms with Gasteiger partial charge in [0.05, 0.1) is 5.56 Å². The second-order valence-corrected chi connectivity index (χ2v) is 6.50. The predicted molar refractivity (Wildman–Crippen MR) is 78.5 cm³/mol. The van der Waals surface area contributed by atoms with E-state index in [9.17, 15) is 14.7 Å². The first-order valence-electron chi connectivity index (χ1n) is 6.22. The van der Waals surface area contributed by atoms with Crippen LogP contribution >= 0.6 is 22.7 Å². The van der Waals surface area contributed by atoms with Gasteiger partial charge in [0.1, 0.15) is 0 Å². The van der Waals surface area contributed by atoms with Gasteiger partial charge in [0.2, 0.25) is 0 Å². The van der Waals surface area contributed by atoms with Crippen LogP contribution in [0.5, 0.6) is 0 Å². The molecule has 3 heterocycles. The molecule has 1 N–H and O–H groups in total. The number of thiophene rings is 2. The molecule has 2 aromatic rings. The first-order chi connectivity index (χ1) is 9.59. The minimum atomic E-state index is -0.967. The van der Waals surface area contributed by atoms with E-state index in [1.165, 1.54) is 16.2 Å². The summed E-state index contributed by atoms with van der Waals surface area (Å²) in [5, 5.41) is 15.1. The Bertz CT molecular complexity index is 674. The Hall–Kier alpha value is -1.66. The number of carboxylic acids is 1. The Kier molecular flexibility index (Phi) is 3.35. The number of aliphatic carboxylic acids is 1. The molecular formula is C14H13NO3S2. The summed E-state index contributed by atoms with van der Waals surface area (Å²) in [5.41, 5.74) is 2.27. The van der Waals surface area contributed by atoms with Crippen LogP contribution in [0.25, 0.3) is 0 Å². The minimum Gasteiger partial charge on any atom is -0.479 e. The summed E-state index contributed by atoms with van der Waals surface area (Å²) >= 11 is 3.02. The second kappa shape index (κ2) is 5.03. The van der Waals surface area contributed by atoms with Gasteiger partial charge >= 0.3 is 5.97 Å². The van der Waals surface area contributed by atoms with E-state index in [2.05, 4.69) is 0 Å². The van der Waals surface area contributed by atoms with Crippen molar-refractivity contribution in [2.75, 3.05) is 6.54 Å². The molecule has 0 fully saturated rings. The molecule has 1 amide bonds. The normalized spacial score (nSPS) is 17.9. The number of aryl methyl sites for hydroxylation is 1. The van der Waals surface area contributed by atoms with Crippen molar-refractivity contribution in [2.45, 2.75) is 19.4 Å². The highest BCUT2D eigenvalue weighted by Crippen LogP contribution is 2.34. The zero-order chi connectivity index (χ0) is 14.3. The molecule has 1 atom stereocenters. The lowest BCUT2D eigenvalue weighted by atomic mass is 9.99. The van der Waals surface area contributed by atoms with Crippen molar-refractivity contribution in [1.82, 2.24) is 4.90 Å². The van der Waals surface area contributed by atoms with Crippen molar-refractivity contribution in [3.8, 4) is 0 Å². The Balaban J connectivity index is 2.00. The molecular weight excluding hydrogens is 294 g/mol. The summed E-state index contributed by atoms with van der Waals surface area (Å²) in [4.78, 5) is 26.7. The molecule has 0 aromatic carbocycles. The summed E-state index contributed by atoms with van der Waals surface area (Å²) < 4.78 is 0. The molecule has 0 spiro atoms. The molecule has 0 radical (unpaired) electrons. The molecule has 6 heteroatoms. The summed E-state index contributed by atoms with van der Waals surface area (Å²) in [6.07, 6.45) is 0.728. The van der Waals surface area contributed by atoms with Crippen molar-refractivity contribution in [1.29, 1.82) is 0 Å². The maximum absolute atomic E-state index is 12.6. The highest BCUT2D eigenvalue weighted by atomic mass is 32.1.